The molecule has 1 aromatic carbocycles. The van der Waals surface area contributed by atoms with Crippen LogP contribution < -0.4 is 0 Å². The van der Waals surface area contributed by atoms with E-state index in [0.29, 0.717) is 0 Å². The summed E-state index contributed by atoms with van der Waals surface area (Å²) in [5, 5.41) is 10.2. The van der Waals surface area contributed by atoms with Gasteiger partial charge in [-0.15, -0.1) is 0 Å². The predicted molar refractivity (Wildman–Crippen MR) is 69.4 cm³/mol. The van der Waals surface area contributed by atoms with Gasteiger partial charge in [-0.2, -0.15) is 0 Å². The fourth-order valence-corrected chi connectivity index (χ4v) is 2.36. The number of aliphatic hydroxyl groups is 1. The van der Waals surface area contributed by atoms with Crippen molar-refractivity contribution in [1.82, 2.24) is 0 Å². The van der Waals surface area contributed by atoms with Gasteiger partial charge in [0.1, 0.15) is 11.6 Å². The van der Waals surface area contributed by atoms with Crippen LogP contribution in [0.5, 0.6) is 0 Å². The lowest BCUT2D eigenvalue weighted by molar-refractivity contribution is 0.0954. The van der Waals surface area contributed by atoms with Crippen molar-refractivity contribution >= 4 is 0 Å². The van der Waals surface area contributed by atoms with Crippen LogP contribution in [-0.2, 0) is 6.42 Å². The summed E-state index contributed by atoms with van der Waals surface area (Å²) in [5.41, 5.74) is 0.264. The van der Waals surface area contributed by atoms with Crippen molar-refractivity contribution in [3.63, 3.8) is 0 Å². The Morgan fingerprint density at radius 1 is 1.11 bits per heavy atom. The van der Waals surface area contributed by atoms with Crippen LogP contribution in [0.1, 0.15) is 45.1 Å². The monoisotopic (exact) mass is 256 g/mol. The molecule has 1 nitrogen and oxygen atoms in total. The van der Waals surface area contributed by atoms with Gasteiger partial charge in [0.15, 0.2) is 0 Å². The molecule has 0 saturated carbocycles. The summed E-state index contributed by atoms with van der Waals surface area (Å²) in [6.45, 7) is 4.14. The molecule has 0 aromatic heterocycles. The second-order valence-corrected chi connectivity index (χ2v) is 4.84. The fourth-order valence-electron chi connectivity index (χ4n) is 2.36. The molecule has 18 heavy (non-hydrogen) atoms. The van der Waals surface area contributed by atoms with Crippen molar-refractivity contribution in [2.24, 2.45) is 5.92 Å². The van der Waals surface area contributed by atoms with E-state index in [1.165, 1.54) is 6.07 Å². The summed E-state index contributed by atoms with van der Waals surface area (Å²) in [4.78, 5) is 0. The zero-order valence-corrected chi connectivity index (χ0v) is 11.1. The molecule has 1 atom stereocenters. The number of aliphatic hydroxyl groups excluding tert-OH is 1. The Bertz CT molecular complexity index is 360. The molecule has 3 heteroatoms. The molecule has 0 amide bonds. The standard InChI is InChI=1S/C15H22F2O/c1-3-5-11(6-4-2)15(18)10-12-9-13(16)7-8-14(12)17/h7-9,11,15,18H,3-6,10H2,1-2H3. The highest BCUT2D eigenvalue weighted by molar-refractivity contribution is 5.19. The maximum Gasteiger partial charge on any atom is 0.126 e. The van der Waals surface area contributed by atoms with Crippen LogP contribution >= 0.6 is 0 Å². The lowest BCUT2D eigenvalue weighted by atomic mass is 9.88. The van der Waals surface area contributed by atoms with E-state index in [1.807, 2.05) is 0 Å². The molecule has 0 radical (unpaired) electrons. The highest BCUT2D eigenvalue weighted by atomic mass is 19.1. The molecule has 0 heterocycles. The SMILES string of the molecule is CCCC(CCC)C(O)Cc1cc(F)ccc1F. The summed E-state index contributed by atoms with van der Waals surface area (Å²) in [6.07, 6.45) is 3.42. The first-order valence-electron chi connectivity index (χ1n) is 6.70. The van der Waals surface area contributed by atoms with Crippen molar-refractivity contribution < 1.29 is 13.9 Å². The lowest BCUT2D eigenvalue weighted by Crippen LogP contribution is -2.23. The Morgan fingerprint density at radius 2 is 1.72 bits per heavy atom. The molecule has 1 unspecified atom stereocenters. The van der Waals surface area contributed by atoms with E-state index < -0.39 is 17.7 Å². The third-order valence-corrected chi connectivity index (χ3v) is 3.30. The van der Waals surface area contributed by atoms with Gasteiger partial charge in [-0.05, 0) is 42.5 Å². The summed E-state index contributed by atoms with van der Waals surface area (Å²) >= 11 is 0. The molecule has 102 valence electrons. The van der Waals surface area contributed by atoms with E-state index in [4.69, 9.17) is 0 Å². The zero-order chi connectivity index (χ0) is 13.5. The molecule has 0 aliphatic heterocycles. The minimum Gasteiger partial charge on any atom is -0.392 e. The van der Waals surface area contributed by atoms with Crippen molar-refractivity contribution in [3.05, 3.63) is 35.4 Å². The van der Waals surface area contributed by atoms with Gasteiger partial charge in [-0.1, -0.05) is 26.7 Å². The van der Waals surface area contributed by atoms with Crippen LogP contribution in [0.25, 0.3) is 0 Å². The molecule has 1 N–H and O–H groups in total. The molecule has 0 aliphatic carbocycles. The van der Waals surface area contributed by atoms with Gasteiger partial charge in [-0.25, -0.2) is 8.78 Å². The van der Waals surface area contributed by atoms with Crippen LogP contribution in [0.15, 0.2) is 18.2 Å². The molecular formula is C15H22F2O. The molecule has 0 saturated heterocycles. The normalized spacial score (nSPS) is 13.0. The highest BCUT2D eigenvalue weighted by Gasteiger charge is 2.19. The van der Waals surface area contributed by atoms with E-state index in [1.54, 1.807) is 0 Å². The third-order valence-electron chi connectivity index (χ3n) is 3.30. The van der Waals surface area contributed by atoms with Crippen molar-refractivity contribution in [2.75, 3.05) is 0 Å². The molecule has 0 fully saturated rings. The first kappa shape index (κ1) is 15.1. The van der Waals surface area contributed by atoms with Crippen molar-refractivity contribution in [3.8, 4) is 0 Å². The van der Waals surface area contributed by atoms with Gasteiger partial charge in [0.2, 0.25) is 0 Å². The molecular weight excluding hydrogens is 234 g/mol. The molecule has 0 bridgehead atoms. The summed E-state index contributed by atoms with van der Waals surface area (Å²) in [6, 6.07) is 3.39. The van der Waals surface area contributed by atoms with Gasteiger partial charge in [-0.3, -0.25) is 0 Å². The quantitative estimate of drug-likeness (QED) is 0.779. The van der Waals surface area contributed by atoms with E-state index in [-0.39, 0.29) is 17.9 Å². The van der Waals surface area contributed by atoms with Crippen LogP contribution in [0, 0.1) is 17.6 Å². The van der Waals surface area contributed by atoms with Crippen LogP contribution in [0.2, 0.25) is 0 Å². The summed E-state index contributed by atoms with van der Waals surface area (Å²) < 4.78 is 26.5. The van der Waals surface area contributed by atoms with E-state index >= 15 is 0 Å². The smallest absolute Gasteiger partial charge is 0.126 e. The zero-order valence-electron chi connectivity index (χ0n) is 11.1. The summed E-state index contributed by atoms with van der Waals surface area (Å²) in [5.74, 6) is -0.731. The maximum absolute atomic E-state index is 13.5. The Morgan fingerprint density at radius 3 is 2.28 bits per heavy atom. The molecule has 0 spiro atoms. The first-order chi connectivity index (χ1) is 8.58. The van der Waals surface area contributed by atoms with Gasteiger partial charge in [0.05, 0.1) is 6.10 Å². The van der Waals surface area contributed by atoms with Crippen LogP contribution in [-0.4, -0.2) is 11.2 Å². The fraction of sp³-hybridized carbons (Fsp3) is 0.600. The van der Waals surface area contributed by atoms with Gasteiger partial charge < -0.3 is 5.11 Å². The molecule has 1 rings (SSSR count). The van der Waals surface area contributed by atoms with Crippen LogP contribution in [0.3, 0.4) is 0 Å². The van der Waals surface area contributed by atoms with Gasteiger partial charge >= 0.3 is 0 Å². The topological polar surface area (TPSA) is 20.2 Å². The molecule has 1 aromatic rings. The minimum absolute atomic E-state index is 0.169. The second-order valence-electron chi connectivity index (χ2n) is 4.84. The van der Waals surface area contributed by atoms with Gasteiger partial charge in [0, 0.05) is 6.42 Å². The third kappa shape index (κ3) is 4.37. The molecule has 0 aliphatic rings. The minimum atomic E-state index is -0.596. The second kappa shape index (κ2) is 7.47. The Kier molecular flexibility index (Phi) is 6.27. The van der Waals surface area contributed by atoms with Crippen molar-refractivity contribution in [2.45, 2.75) is 52.1 Å². The Hall–Kier alpha value is -0.960. The van der Waals surface area contributed by atoms with Crippen molar-refractivity contribution in [1.29, 1.82) is 0 Å². The lowest BCUT2D eigenvalue weighted by Gasteiger charge is -2.22. The van der Waals surface area contributed by atoms with E-state index in [2.05, 4.69) is 13.8 Å². The predicted octanol–water partition coefficient (Wildman–Crippen LogP) is 4.08. The highest BCUT2D eigenvalue weighted by Crippen LogP contribution is 2.22. The number of hydrogen-bond acceptors (Lipinski definition) is 1. The van der Waals surface area contributed by atoms with E-state index in [0.717, 1.165) is 37.8 Å². The number of hydrogen-bond donors (Lipinski definition) is 1. The largest absolute Gasteiger partial charge is 0.392 e. The van der Waals surface area contributed by atoms with Crippen LogP contribution in [0.4, 0.5) is 8.78 Å². The Balaban J connectivity index is 2.71. The number of rotatable bonds is 7. The average Bonchev–Trinajstić information content (AvgIpc) is 2.33. The average molecular weight is 256 g/mol. The van der Waals surface area contributed by atoms with E-state index in [9.17, 15) is 13.9 Å². The maximum atomic E-state index is 13.5. The first-order valence-corrected chi connectivity index (χ1v) is 6.70. The number of halogens is 2. The Labute approximate surface area is 108 Å². The number of benzene rings is 1. The van der Waals surface area contributed by atoms with Gasteiger partial charge in [0.25, 0.3) is 0 Å². The summed E-state index contributed by atoms with van der Waals surface area (Å²) in [7, 11) is 0.